The van der Waals surface area contributed by atoms with Crippen LogP contribution in [-0.2, 0) is 21.2 Å². The van der Waals surface area contributed by atoms with Gasteiger partial charge in [0.05, 0.1) is 4.90 Å². The van der Waals surface area contributed by atoms with Gasteiger partial charge >= 0.3 is 0 Å². The molecule has 0 radical (unpaired) electrons. The van der Waals surface area contributed by atoms with Gasteiger partial charge in [-0.2, -0.15) is 0 Å². The molecule has 6 heteroatoms. The summed E-state index contributed by atoms with van der Waals surface area (Å²) in [5.74, 6) is -0.0279. The third-order valence-corrected chi connectivity index (χ3v) is 5.81. The number of fused-ring (bicyclic) bond motifs is 1. The summed E-state index contributed by atoms with van der Waals surface area (Å²) >= 11 is 0. The number of hydrogen-bond donors (Lipinski definition) is 0. The van der Waals surface area contributed by atoms with Crippen LogP contribution in [0.2, 0.25) is 0 Å². The number of ketones is 1. The van der Waals surface area contributed by atoms with Crippen LogP contribution < -0.4 is 0 Å². The molecule has 0 atom stereocenters. The molecule has 0 aliphatic rings. The molecule has 0 saturated carbocycles. The number of benzene rings is 1. The van der Waals surface area contributed by atoms with E-state index in [1.165, 1.54) is 3.97 Å². The Morgan fingerprint density at radius 1 is 1.08 bits per heavy atom. The van der Waals surface area contributed by atoms with Crippen molar-refractivity contribution in [1.82, 2.24) is 8.96 Å². The predicted octanol–water partition coefficient (Wildman–Crippen LogP) is 3.43. The minimum absolute atomic E-state index is 0.0279. The third kappa shape index (κ3) is 3.22. The molecule has 0 spiro atoms. The highest BCUT2D eigenvalue weighted by atomic mass is 32.2. The van der Waals surface area contributed by atoms with Crippen LogP contribution in [-0.4, -0.2) is 23.2 Å². The summed E-state index contributed by atoms with van der Waals surface area (Å²) in [7, 11) is -3.84. The monoisotopic (exact) mass is 356 g/mol. The molecule has 25 heavy (non-hydrogen) atoms. The molecule has 0 N–H and O–H groups in total. The lowest BCUT2D eigenvalue weighted by Gasteiger charge is -2.17. The van der Waals surface area contributed by atoms with E-state index in [2.05, 4.69) is 4.98 Å². The van der Waals surface area contributed by atoms with E-state index < -0.39 is 15.4 Å². The molecule has 0 aliphatic carbocycles. The van der Waals surface area contributed by atoms with Gasteiger partial charge in [-0.3, -0.25) is 4.79 Å². The average molecular weight is 356 g/mol. The van der Waals surface area contributed by atoms with Crippen molar-refractivity contribution in [1.29, 1.82) is 0 Å². The zero-order valence-electron chi connectivity index (χ0n) is 14.4. The predicted molar refractivity (Wildman–Crippen MR) is 96.9 cm³/mol. The average Bonchev–Trinajstić information content (AvgIpc) is 2.93. The smallest absolute Gasteiger partial charge is 0.269 e. The van der Waals surface area contributed by atoms with E-state index in [1.54, 1.807) is 54.7 Å². The first-order valence-electron chi connectivity index (χ1n) is 8.00. The van der Waals surface area contributed by atoms with E-state index in [0.717, 1.165) is 0 Å². The van der Waals surface area contributed by atoms with Crippen LogP contribution in [0.5, 0.6) is 0 Å². The number of carbonyl (C=O) groups is 1. The van der Waals surface area contributed by atoms with E-state index in [4.69, 9.17) is 0 Å². The number of Topliss-reactive ketones (excluding diaryl/α,β-unsaturated/α-hetero) is 1. The summed E-state index contributed by atoms with van der Waals surface area (Å²) in [5.41, 5.74) is 0.214. The van der Waals surface area contributed by atoms with Gasteiger partial charge in [0.25, 0.3) is 10.0 Å². The van der Waals surface area contributed by atoms with Crippen LogP contribution in [0.15, 0.2) is 59.6 Å². The van der Waals surface area contributed by atoms with E-state index in [-0.39, 0.29) is 17.1 Å². The van der Waals surface area contributed by atoms with Crippen LogP contribution in [0.3, 0.4) is 0 Å². The molecule has 0 fully saturated rings. The quantitative estimate of drug-likeness (QED) is 0.718. The Balaban J connectivity index is 2.23. The van der Waals surface area contributed by atoms with Crippen molar-refractivity contribution in [3.8, 4) is 0 Å². The lowest BCUT2D eigenvalue weighted by molar-refractivity contribution is -0.125. The number of hydrogen-bond acceptors (Lipinski definition) is 4. The fraction of sp³-hybridized carbons (Fsp3) is 0.263. The van der Waals surface area contributed by atoms with Crippen LogP contribution in [0, 0.1) is 5.41 Å². The number of aromatic nitrogens is 2. The van der Waals surface area contributed by atoms with Crippen molar-refractivity contribution >= 4 is 26.8 Å². The largest absolute Gasteiger partial charge is 0.299 e. The van der Waals surface area contributed by atoms with Crippen LogP contribution in [0.1, 0.15) is 26.5 Å². The summed E-state index contributed by atoms with van der Waals surface area (Å²) in [6, 6.07) is 13.5. The maximum absolute atomic E-state index is 13.2. The van der Waals surface area contributed by atoms with E-state index >= 15 is 0 Å². The summed E-state index contributed by atoms with van der Waals surface area (Å²) in [6.45, 7) is 5.48. The van der Waals surface area contributed by atoms with Gasteiger partial charge < -0.3 is 0 Å². The van der Waals surface area contributed by atoms with Gasteiger partial charge in [0.1, 0.15) is 5.78 Å². The van der Waals surface area contributed by atoms with Gasteiger partial charge in [0, 0.05) is 29.1 Å². The zero-order chi connectivity index (χ0) is 18.2. The fourth-order valence-corrected chi connectivity index (χ4v) is 4.10. The summed E-state index contributed by atoms with van der Waals surface area (Å²) in [5, 5.41) is 0.693. The maximum atomic E-state index is 13.2. The topological polar surface area (TPSA) is 69.0 Å². The minimum atomic E-state index is -3.84. The number of rotatable bonds is 4. The molecule has 1 aromatic carbocycles. The third-order valence-electron chi connectivity index (χ3n) is 4.05. The highest BCUT2D eigenvalue weighted by Crippen LogP contribution is 2.26. The van der Waals surface area contributed by atoms with Crippen LogP contribution in [0.4, 0.5) is 0 Å². The molecule has 3 rings (SSSR count). The van der Waals surface area contributed by atoms with Crippen molar-refractivity contribution in [2.45, 2.75) is 32.1 Å². The Hall–Kier alpha value is -2.47. The van der Waals surface area contributed by atoms with Gasteiger partial charge in [0.15, 0.2) is 5.65 Å². The molecular formula is C19H20N2O3S. The number of carbonyl (C=O) groups excluding carboxylic acids is 1. The molecule has 0 saturated heterocycles. The summed E-state index contributed by atoms with van der Waals surface area (Å²) in [6.07, 6.45) is 1.58. The Bertz CT molecular complexity index is 1030. The van der Waals surface area contributed by atoms with E-state index in [0.29, 0.717) is 16.7 Å². The minimum Gasteiger partial charge on any atom is -0.299 e. The molecule has 130 valence electrons. The molecule has 2 aromatic heterocycles. The van der Waals surface area contributed by atoms with Gasteiger partial charge in [-0.05, 0) is 30.3 Å². The molecule has 0 amide bonds. The lowest BCUT2D eigenvalue weighted by Crippen LogP contribution is -2.25. The fourth-order valence-electron chi connectivity index (χ4n) is 2.58. The molecule has 2 heterocycles. The lowest BCUT2D eigenvalue weighted by atomic mass is 9.88. The van der Waals surface area contributed by atoms with Gasteiger partial charge in [-0.1, -0.05) is 39.0 Å². The molecule has 0 unspecified atom stereocenters. The molecule has 0 bridgehead atoms. The summed E-state index contributed by atoms with van der Waals surface area (Å²) in [4.78, 5) is 16.9. The van der Waals surface area contributed by atoms with E-state index in [9.17, 15) is 13.2 Å². The summed E-state index contributed by atoms with van der Waals surface area (Å²) < 4.78 is 27.5. The van der Waals surface area contributed by atoms with Crippen molar-refractivity contribution < 1.29 is 13.2 Å². The standard InChI is InChI=1S/C19H20N2O3S/c1-19(2,3)17(22)13-15-12-14-8-7-11-20-18(14)21(15)25(23,24)16-9-5-4-6-10-16/h4-12H,13H2,1-3H3. The maximum Gasteiger partial charge on any atom is 0.269 e. The molecule has 5 nitrogen and oxygen atoms in total. The normalized spacial score (nSPS) is 12.4. The molecule has 0 aliphatic heterocycles. The van der Waals surface area contributed by atoms with Gasteiger partial charge in [-0.15, -0.1) is 0 Å². The first-order chi connectivity index (χ1) is 11.7. The van der Waals surface area contributed by atoms with Gasteiger partial charge in [0.2, 0.25) is 0 Å². The van der Waals surface area contributed by atoms with Gasteiger partial charge in [-0.25, -0.2) is 17.4 Å². The molecular weight excluding hydrogens is 336 g/mol. The van der Waals surface area contributed by atoms with Crippen molar-refractivity contribution in [2.24, 2.45) is 5.41 Å². The van der Waals surface area contributed by atoms with Crippen molar-refractivity contribution in [2.75, 3.05) is 0 Å². The van der Waals surface area contributed by atoms with Crippen molar-refractivity contribution in [3.63, 3.8) is 0 Å². The van der Waals surface area contributed by atoms with Crippen molar-refractivity contribution in [3.05, 3.63) is 60.4 Å². The number of pyridine rings is 1. The zero-order valence-corrected chi connectivity index (χ0v) is 15.2. The SMILES string of the molecule is CC(C)(C)C(=O)Cc1cc2cccnc2n1S(=O)(=O)c1ccccc1. The van der Waals surface area contributed by atoms with Crippen LogP contribution in [0.25, 0.3) is 11.0 Å². The molecule has 3 aromatic rings. The Labute approximate surface area is 147 Å². The second-order valence-electron chi connectivity index (χ2n) is 6.98. The Morgan fingerprint density at radius 3 is 2.40 bits per heavy atom. The highest BCUT2D eigenvalue weighted by molar-refractivity contribution is 7.90. The Kier molecular flexibility index (Phi) is 4.24. The first kappa shape index (κ1) is 17.4. The number of nitrogens with zero attached hydrogens (tertiary/aromatic N) is 2. The van der Waals surface area contributed by atoms with E-state index in [1.807, 2.05) is 20.8 Å². The second-order valence-corrected chi connectivity index (χ2v) is 8.77. The Morgan fingerprint density at radius 2 is 1.76 bits per heavy atom. The first-order valence-corrected chi connectivity index (χ1v) is 9.44. The second kappa shape index (κ2) is 6.11. The van der Waals surface area contributed by atoms with Crippen LogP contribution >= 0.6 is 0 Å². The highest BCUT2D eigenvalue weighted by Gasteiger charge is 2.28.